The van der Waals surface area contributed by atoms with Crippen molar-refractivity contribution >= 4 is 29.1 Å². The second kappa shape index (κ2) is 9.79. The van der Waals surface area contributed by atoms with Crippen LogP contribution in [-0.2, 0) is 0 Å². The summed E-state index contributed by atoms with van der Waals surface area (Å²) in [5.74, 6) is 0.696. The summed E-state index contributed by atoms with van der Waals surface area (Å²) < 4.78 is 5.43. The molecule has 1 N–H and O–H groups in total. The van der Waals surface area contributed by atoms with Crippen LogP contribution in [0.1, 0.15) is 52.8 Å². The molecular weight excluding hydrogens is 388 g/mol. The van der Waals surface area contributed by atoms with Crippen LogP contribution in [0, 0.1) is 5.92 Å². The molecule has 0 bridgehead atoms. The van der Waals surface area contributed by atoms with E-state index in [9.17, 15) is 9.59 Å². The molecule has 2 aromatic rings. The van der Waals surface area contributed by atoms with E-state index in [1.165, 1.54) is 39.2 Å². The Labute approximate surface area is 177 Å². The average Bonchev–Trinajstić information content (AvgIpc) is 2.74. The number of rotatable bonds is 6. The van der Waals surface area contributed by atoms with Gasteiger partial charge < -0.3 is 15.0 Å². The van der Waals surface area contributed by atoms with E-state index >= 15 is 0 Å². The van der Waals surface area contributed by atoms with Crippen LogP contribution in [0.2, 0.25) is 5.02 Å². The van der Waals surface area contributed by atoms with E-state index in [0.29, 0.717) is 33.5 Å². The van der Waals surface area contributed by atoms with Crippen molar-refractivity contribution in [2.45, 2.75) is 32.1 Å². The molecule has 0 radical (unpaired) electrons. The summed E-state index contributed by atoms with van der Waals surface area (Å²) in [6.45, 7) is 0.761. The van der Waals surface area contributed by atoms with Gasteiger partial charge in [0.25, 0.3) is 11.8 Å². The topological polar surface area (TPSA) is 58.6 Å². The van der Waals surface area contributed by atoms with Crippen LogP contribution >= 0.6 is 11.6 Å². The Hall–Kier alpha value is -2.53. The summed E-state index contributed by atoms with van der Waals surface area (Å²) in [7, 11) is 3.37. The second-order valence-electron chi connectivity index (χ2n) is 7.57. The fraction of sp³-hybridized carbons (Fsp3) is 0.391. The first kappa shape index (κ1) is 21.2. The van der Waals surface area contributed by atoms with E-state index in [1.807, 2.05) is 7.05 Å². The van der Waals surface area contributed by atoms with Gasteiger partial charge in [-0.15, -0.1) is 0 Å². The zero-order chi connectivity index (χ0) is 20.8. The smallest absolute Gasteiger partial charge is 0.257 e. The highest BCUT2D eigenvalue weighted by Gasteiger charge is 2.22. The SMILES string of the molecule is COc1cc(NC(=O)c2ccc(Cl)cc2)ccc1C(=O)N(C)CC1CCCCC1. The van der Waals surface area contributed by atoms with Gasteiger partial charge in [-0.1, -0.05) is 30.9 Å². The summed E-state index contributed by atoms with van der Waals surface area (Å²) in [6.07, 6.45) is 6.16. The number of nitrogens with zero attached hydrogens (tertiary/aromatic N) is 1. The third kappa shape index (κ3) is 5.51. The van der Waals surface area contributed by atoms with E-state index in [1.54, 1.807) is 47.4 Å². The first-order valence-corrected chi connectivity index (χ1v) is 10.4. The van der Waals surface area contributed by atoms with E-state index < -0.39 is 0 Å². The molecule has 3 rings (SSSR count). The minimum absolute atomic E-state index is 0.0667. The number of amides is 2. The summed E-state index contributed by atoms with van der Waals surface area (Å²) in [5, 5.41) is 3.40. The first-order valence-electron chi connectivity index (χ1n) is 9.98. The normalized spacial score (nSPS) is 14.3. The first-order chi connectivity index (χ1) is 14.0. The molecule has 5 nitrogen and oxygen atoms in total. The maximum absolute atomic E-state index is 12.9. The largest absolute Gasteiger partial charge is 0.496 e. The molecule has 6 heteroatoms. The Morgan fingerprint density at radius 3 is 2.45 bits per heavy atom. The number of hydrogen-bond acceptors (Lipinski definition) is 3. The molecule has 0 aliphatic heterocycles. The molecule has 154 valence electrons. The third-order valence-corrected chi connectivity index (χ3v) is 5.65. The fourth-order valence-electron chi connectivity index (χ4n) is 3.80. The molecule has 0 heterocycles. The number of hydrogen-bond donors (Lipinski definition) is 1. The van der Waals surface area contributed by atoms with Gasteiger partial charge in [0.05, 0.1) is 12.7 Å². The lowest BCUT2D eigenvalue weighted by molar-refractivity contribution is 0.0757. The maximum atomic E-state index is 12.9. The molecule has 1 saturated carbocycles. The number of nitrogens with one attached hydrogen (secondary N) is 1. The second-order valence-corrected chi connectivity index (χ2v) is 8.00. The van der Waals surface area contributed by atoms with Crippen LogP contribution in [-0.4, -0.2) is 37.4 Å². The van der Waals surface area contributed by atoms with Gasteiger partial charge in [-0.2, -0.15) is 0 Å². The predicted octanol–water partition coefficient (Wildman–Crippen LogP) is 5.25. The van der Waals surface area contributed by atoms with Gasteiger partial charge in [0.1, 0.15) is 5.75 Å². The lowest BCUT2D eigenvalue weighted by Crippen LogP contribution is -2.32. The molecule has 1 aliphatic rings. The number of methoxy groups -OCH3 is 1. The highest BCUT2D eigenvalue weighted by atomic mass is 35.5. The van der Waals surface area contributed by atoms with E-state index in [4.69, 9.17) is 16.3 Å². The number of ether oxygens (including phenoxy) is 1. The molecule has 0 atom stereocenters. The number of halogens is 1. The van der Waals surface area contributed by atoms with Gasteiger partial charge in [0.15, 0.2) is 0 Å². The highest BCUT2D eigenvalue weighted by Crippen LogP contribution is 2.27. The van der Waals surface area contributed by atoms with Gasteiger partial charge >= 0.3 is 0 Å². The maximum Gasteiger partial charge on any atom is 0.257 e. The Kier molecular flexibility index (Phi) is 7.15. The van der Waals surface area contributed by atoms with E-state index in [2.05, 4.69) is 5.32 Å². The summed E-state index contributed by atoms with van der Waals surface area (Å²) in [4.78, 5) is 27.1. The summed E-state index contributed by atoms with van der Waals surface area (Å²) >= 11 is 5.87. The van der Waals surface area contributed by atoms with Crippen molar-refractivity contribution in [2.75, 3.05) is 26.0 Å². The van der Waals surface area contributed by atoms with Crippen LogP contribution in [0.3, 0.4) is 0 Å². The minimum Gasteiger partial charge on any atom is -0.496 e. The Bertz CT molecular complexity index is 861. The lowest BCUT2D eigenvalue weighted by Gasteiger charge is -2.27. The van der Waals surface area contributed by atoms with Gasteiger partial charge in [0, 0.05) is 35.9 Å². The van der Waals surface area contributed by atoms with Crippen molar-refractivity contribution < 1.29 is 14.3 Å². The zero-order valence-corrected chi connectivity index (χ0v) is 17.7. The van der Waals surface area contributed by atoms with Crippen LogP contribution in [0.4, 0.5) is 5.69 Å². The quantitative estimate of drug-likeness (QED) is 0.701. The monoisotopic (exact) mass is 414 g/mol. The third-order valence-electron chi connectivity index (χ3n) is 5.40. The van der Waals surface area contributed by atoms with E-state index in [-0.39, 0.29) is 11.8 Å². The summed E-state index contributed by atoms with van der Waals surface area (Å²) in [5.41, 5.74) is 1.56. The van der Waals surface area contributed by atoms with Crippen LogP contribution < -0.4 is 10.1 Å². The standard InChI is InChI=1S/C23H27ClN2O3/c1-26(15-16-6-4-3-5-7-16)23(28)20-13-12-19(14-21(20)29-2)25-22(27)17-8-10-18(24)11-9-17/h8-14,16H,3-7,15H2,1-2H3,(H,25,27). The molecular formula is C23H27ClN2O3. The Morgan fingerprint density at radius 1 is 1.10 bits per heavy atom. The molecule has 1 aliphatic carbocycles. The predicted molar refractivity (Wildman–Crippen MR) is 116 cm³/mol. The molecule has 1 fully saturated rings. The Morgan fingerprint density at radius 2 is 1.79 bits per heavy atom. The van der Waals surface area contributed by atoms with Gasteiger partial charge in [-0.25, -0.2) is 0 Å². The summed E-state index contributed by atoms with van der Waals surface area (Å²) in [6, 6.07) is 11.8. The lowest BCUT2D eigenvalue weighted by atomic mass is 9.89. The van der Waals surface area contributed by atoms with E-state index in [0.717, 1.165) is 6.54 Å². The molecule has 2 amide bonds. The van der Waals surface area contributed by atoms with Crippen molar-refractivity contribution in [1.29, 1.82) is 0 Å². The highest BCUT2D eigenvalue weighted by molar-refractivity contribution is 6.30. The molecule has 0 saturated heterocycles. The van der Waals surface area contributed by atoms with Crippen molar-refractivity contribution in [1.82, 2.24) is 4.90 Å². The van der Waals surface area contributed by atoms with Gasteiger partial charge in [-0.3, -0.25) is 9.59 Å². The van der Waals surface area contributed by atoms with Crippen molar-refractivity contribution in [2.24, 2.45) is 5.92 Å². The molecule has 0 aromatic heterocycles. The van der Waals surface area contributed by atoms with Crippen molar-refractivity contribution in [3.8, 4) is 5.75 Å². The number of carbonyl (C=O) groups is 2. The zero-order valence-electron chi connectivity index (χ0n) is 16.9. The van der Waals surface area contributed by atoms with Crippen LogP contribution in [0.15, 0.2) is 42.5 Å². The number of carbonyl (C=O) groups excluding carboxylic acids is 2. The fourth-order valence-corrected chi connectivity index (χ4v) is 3.92. The minimum atomic E-state index is -0.253. The molecule has 0 spiro atoms. The molecule has 0 unspecified atom stereocenters. The number of benzene rings is 2. The molecule has 29 heavy (non-hydrogen) atoms. The average molecular weight is 415 g/mol. The Balaban J connectivity index is 1.69. The van der Waals surface area contributed by atoms with Crippen LogP contribution in [0.5, 0.6) is 5.75 Å². The van der Waals surface area contributed by atoms with Gasteiger partial charge in [-0.05, 0) is 55.2 Å². The number of anilines is 1. The van der Waals surface area contributed by atoms with Crippen molar-refractivity contribution in [3.63, 3.8) is 0 Å². The molecule has 2 aromatic carbocycles. The van der Waals surface area contributed by atoms with Gasteiger partial charge in [0.2, 0.25) is 0 Å². The van der Waals surface area contributed by atoms with Crippen molar-refractivity contribution in [3.05, 3.63) is 58.6 Å². The van der Waals surface area contributed by atoms with Crippen LogP contribution in [0.25, 0.3) is 0 Å².